The van der Waals surface area contributed by atoms with Gasteiger partial charge in [-0.3, -0.25) is 4.79 Å². The summed E-state index contributed by atoms with van der Waals surface area (Å²) in [5, 5.41) is 16.5. The first-order chi connectivity index (χ1) is 21.2. The van der Waals surface area contributed by atoms with Crippen LogP contribution in [0.15, 0.2) is 54.2 Å². The average Bonchev–Trinajstić information content (AvgIpc) is 3.81. The minimum Gasteiger partial charge on any atom is -0.376 e. The van der Waals surface area contributed by atoms with Gasteiger partial charge in [0, 0.05) is 28.8 Å². The molecule has 0 heterocycles. The van der Waals surface area contributed by atoms with Crippen molar-refractivity contribution in [3.05, 3.63) is 81.0 Å². The molecule has 0 saturated heterocycles. The topological polar surface area (TPSA) is 90.6 Å². The van der Waals surface area contributed by atoms with Gasteiger partial charge in [0.2, 0.25) is 5.91 Å². The van der Waals surface area contributed by atoms with E-state index < -0.39 is 0 Å². The minimum absolute atomic E-state index is 0.146. The van der Waals surface area contributed by atoms with Crippen LogP contribution in [0.25, 0.3) is 0 Å². The Balaban J connectivity index is 0.000000253. The SMILES string of the molecule is CCCC=C(C(NCCC)C1CC1)N(C)CC(=O)NCO.Cc1ccc(Cl)cc1.NCCCc1ccc(Cl)cc1C1CCC1. The second-order valence-corrected chi connectivity index (χ2v) is 12.8. The summed E-state index contributed by atoms with van der Waals surface area (Å²) in [5.41, 5.74) is 10.9. The molecule has 1 amide bonds. The Morgan fingerprint density at radius 1 is 1.07 bits per heavy atom. The summed E-state index contributed by atoms with van der Waals surface area (Å²) in [7, 11) is 1.96. The minimum atomic E-state index is -0.305. The number of nitrogens with two attached hydrogens (primary N) is 1. The molecule has 2 fully saturated rings. The Hall–Kier alpha value is -2.09. The number of benzene rings is 2. The van der Waals surface area contributed by atoms with Crippen molar-refractivity contribution >= 4 is 29.1 Å². The summed E-state index contributed by atoms with van der Waals surface area (Å²) in [6, 6.07) is 14.4. The van der Waals surface area contributed by atoms with Gasteiger partial charge < -0.3 is 26.4 Å². The second kappa shape index (κ2) is 21.6. The number of hydrogen-bond acceptors (Lipinski definition) is 5. The Bertz CT molecular complexity index is 1100. The maximum Gasteiger partial charge on any atom is 0.241 e. The molecular formula is C36H56Cl2N4O2. The van der Waals surface area contributed by atoms with Crippen molar-refractivity contribution in [3.63, 3.8) is 0 Å². The smallest absolute Gasteiger partial charge is 0.241 e. The Morgan fingerprint density at radius 3 is 2.27 bits per heavy atom. The zero-order valence-corrected chi connectivity index (χ0v) is 28.9. The van der Waals surface area contributed by atoms with E-state index in [1.165, 1.54) is 54.5 Å². The second-order valence-electron chi connectivity index (χ2n) is 12.0. The van der Waals surface area contributed by atoms with Gasteiger partial charge in [0.05, 0.1) is 6.54 Å². The molecule has 2 aromatic rings. The van der Waals surface area contributed by atoms with Crippen molar-refractivity contribution in [2.24, 2.45) is 11.7 Å². The third-order valence-corrected chi connectivity index (χ3v) is 8.57. The third-order valence-electron chi connectivity index (χ3n) is 8.08. The average molecular weight is 648 g/mol. The van der Waals surface area contributed by atoms with Gasteiger partial charge in [0.25, 0.3) is 0 Å². The van der Waals surface area contributed by atoms with Gasteiger partial charge in [-0.2, -0.15) is 0 Å². The number of amides is 1. The van der Waals surface area contributed by atoms with E-state index in [9.17, 15) is 4.79 Å². The molecule has 0 radical (unpaired) electrons. The molecular weight excluding hydrogens is 591 g/mol. The lowest BCUT2D eigenvalue weighted by Crippen LogP contribution is -2.43. The molecule has 0 spiro atoms. The number of aliphatic hydroxyl groups excluding tert-OH is 1. The standard InChI is InChI=1S/C16H31N3O2.C13H18ClN.C7H7Cl/c1-4-6-7-14(19(3)11-15(21)18-12-20)16(13-8-9-13)17-10-5-2;14-12-7-6-11(5-2-8-15)13(9-12)10-3-1-4-10;1-6-2-4-7(8)5-3-6/h7,13,16-17,20H,4-6,8-12H2,1-3H3,(H,18,21);6-7,9-10H,1-5,8,15H2;2-5H,1H3. The van der Waals surface area contributed by atoms with Crippen LogP contribution in [0.3, 0.4) is 0 Å². The van der Waals surface area contributed by atoms with E-state index in [0.29, 0.717) is 12.0 Å². The number of carbonyl (C=O) groups is 1. The Labute approximate surface area is 276 Å². The first-order valence-electron chi connectivity index (χ1n) is 16.5. The third kappa shape index (κ3) is 14.3. The Kier molecular flexibility index (Phi) is 18.7. The fourth-order valence-corrected chi connectivity index (χ4v) is 5.53. The van der Waals surface area contributed by atoms with Crippen LogP contribution in [0.5, 0.6) is 0 Å². The maximum atomic E-state index is 11.7. The van der Waals surface area contributed by atoms with Crippen molar-refractivity contribution in [3.8, 4) is 0 Å². The molecule has 246 valence electrons. The molecule has 4 rings (SSSR count). The molecule has 2 aliphatic carbocycles. The molecule has 8 heteroatoms. The van der Waals surface area contributed by atoms with Crippen LogP contribution < -0.4 is 16.4 Å². The van der Waals surface area contributed by atoms with Crippen LogP contribution in [0, 0.1) is 12.8 Å². The van der Waals surface area contributed by atoms with Crippen molar-refractivity contribution < 1.29 is 9.90 Å². The first kappa shape index (κ1) is 38.1. The fraction of sp³-hybridized carbons (Fsp3) is 0.583. The number of aryl methyl sites for hydroxylation is 2. The molecule has 0 bridgehead atoms. The van der Waals surface area contributed by atoms with E-state index in [1.807, 2.05) is 49.2 Å². The molecule has 0 aromatic heterocycles. The normalized spacial score (nSPS) is 15.2. The van der Waals surface area contributed by atoms with Crippen LogP contribution in [0.1, 0.15) is 94.2 Å². The van der Waals surface area contributed by atoms with E-state index >= 15 is 0 Å². The van der Waals surface area contributed by atoms with Gasteiger partial charge in [0.1, 0.15) is 6.73 Å². The molecule has 1 unspecified atom stereocenters. The molecule has 2 saturated carbocycles. The highest BCUT2D eigenvalue weighted by Gasteiger charge is 2.34. The fourth-order valence-electron chi connectivity index (χ4n) is 5.22. The lowest BCUT2D eigenvalue weighted by atomic mass is 9.77. The molecule has 2 aromatic carbocycles. The van der Waals surface area contributed by atoms with Crippen LogP contribution >= 0.6 is 23.2 Å². The lowest BCUT2D eigenvalue weighted by molar-refractivity contribution is -0.122. The molecule has 44 heavy (non-hydrogen) atoms. The predicted octanol–water partition coefficient (Wildman–Crippen LogP) is 7.59. The zero-order valence-electron chi connectivity index (χ0n) is 27.4. The van der Waals surface area contributed by atoms with Gasteiger partial charge >= 0.3 is 0 Å². The van der Waals surface area contributed by atoms with Gasteiger partial charge in [-0.25, -0.2) is 0 Å². The van der Waals surface area contributed by atoms with E-state index in [2.05, 4.69) is 42.7 Å². The summed E-state index contributed by atoms with van der Waals surface area (Å²) in [6.45, 7) is 8.13. The molecule has 2 aliphatic rings. The molecule has 0 aliphatic heterocycles. The predicted molar refractivity (Wildman–Crippen MR) is 187 cm³/mol. The first-order valence-corrected chi connectivity index (χ1v) is 17.2. The van der Waals surface area contributed by atoms with Gasteiger partial charge in [-0.05, 0) is 119 Å². The number of unbranched alkanes of at least 4 members (excludes halogenated alkanes) is 1. The number of nitrogens with zero attached hydrogens (tertiary/aromatic N) is 1. The number of carbonyl (C=O) groups excluding carboxylic acids is 1. The van der Waals surface area contributed by atoms with Crippen molar-refractivity contribution in [2.75, 3.05) is 33.4 Å². The van der Waals surface area contributed by atoms with E-state index in [-0.39, 0.29) is 19.2 Å². The number of nitrogens with one attached hydrogen (secondary N) is 2. The number of hydrogen-bond donors (Lipinski definition) is 4. The van der Waals surface area contributed by atoms with Gasteiger partial charge in [-0.1, -0.05) is 79.7 Å². The summed E-state index contributed by atoms with van der Waals surface area (Å²) < 4.78 is 0. The Morgan fingerprint density at radius 2 is 1.75 bits per heavy atom. The summed E-state index contributed by atoms with van der Waals surface area (Å²) >= 11 is 11.7. The maximum absolute atomic E-state index is 11.7. The van der Waals surface area contributed by atoms with E-state index in [4.69, 9.17) is 34.0 Å². The molecule has 5 N–H and O–H groups in total. The quantitative estimate of drug-likeness (QED) is 0.150. The summed E-state index contributed by atoms with van der Waals surface area (Å²) in [6.07, 6.45) is 14.2. The highest BCUT2D eigenvalue weighted by molar-refractivity contribution is 6.30. The summed E-state index contributed by atoms with van der Waals surface area (Å²) in [4.78, 5) is 13.7. The van der Waals surface area contributed by atoms with Crippen molar-refractivity contribution in [1.29, 1.82) is 0 Å². The number of rotatable bonds is 15. The number of aliphatic hydroxyl groups is 1. The van der Waals surface area contributed by atoms with Gasteiger partial charge in [0.15, 0.2) is 0 Å². The highest BCUT2D eigenvalue weighted by Crippen LogP contribution is 2.39. The van der Waals surface area contributed by atoms with Crippen LogP contribution in [0.2, 0.25) is 10.0 Å². The van der Waals surface area contributed by atoms with Gasteiger partial charge in [-0.15, -0.1) is 0 Å². The number of likely N-dealkylation sites (N-methyl/N-ethyl adjacent to an activating group) is 1. The van der Waals surface area contributed by atoms with Crippen LogP contribution in [-0.2, 0) is 11.2 Å². The van der Waals surface area contributed by atoms with Crippen molar-refractivity contribution in [2.45, 2.75) is 96.9 Å². The largest absolute Gasteiger partial charge is 0.376 e. The summed E-state index contributed by atoms with van der Waals surface area (Å²) in [5.74, 6) is 1.31. The monoisotopic (exact) mass is 646 g/mol. The molecule has 1 atom stereocenters. The van der Waals surface area contributed by atoms with E-state index in [1.54, 1.807) is 0 Å². The zero-order chi connectivity index (χ0) is 32.3. The van der Waals surface area contributed by atoms with Crippen LogP contribution in [-0.4, -0.2) is 55.4 Å². The highest BCUT2D eigenvalue weighted by atomic mass is 35.5. The van der Waals surface area contributed by atoms with E-state index in [0.717, 1.165) is 61.2 Å². The number of allylic oxidation sites excluding steroid dienone is 1. The lowest BCUT2D eigenvalue weighted by Gasteiger charge is -2.30. The van der Waals surface area contributed by atoms with Crippen molar-refractivity contribution in [1.82, 2.24) is 15.5 Å². The number of halogens is 2. The van der Waals surface area contributed by atoms with Crippen LogP contribution in [0.4, 0.5) is 0 Å². The molecule has 6 nitrogen and oxygen atoms in total.